The molecule has 0 saturated carbocycles. The normalized spacial score (nSPS) is 11.5. The second kappa shape index (κ2) is 5.98. The Morgan fingerprint density at radius 2 is 1.95 bits per heavy atom. The fourth-order valence-electron chi connectivity index (χ4n) is 2.41. The first kappa shape index (κ1) is 15.7. The van der Waals surface area contributed by atoms with Gasteiger partial charge in [0.15, 0.2) is 5.06 Å². The number of hydrogen-bond acceptors (Lipinski definition) is 4. The van der Waals surface area contributed by atoms with Crippen LogP contribution in [0.4, 0.5) is 5.00 Å². The van der Waals surface area contributed by atoms with Crippen LogP contribution in [0.2, 0.25) is 0 Å². The Bertz CT molecular complexity index is 626. The highest BCUT2D eigenvalue weighted by Crippen LogP contribution is 2.49. The molecule has 114 valence electrons. The zero-order valence-electron chi connectivity index (χ0n) is 13.3. The maximum absolute atomic E-state index is 6.29. The molecular formula is C17H23NO2S. The van der Waals surface area contributed by atoms with E-state index < -0.39 is 0 Å². The number of methoxy groups -OCH3 is 1. The van der Waals surface area contributed by atoms with Crippen LogP contribution in [-0.4, -0.2) is 13.7 Å². The van der Waals surface area contributed by atoms with E-state index in [4.69, 9.17) is 15.2 Å². The standard InChI is InChI=1S/C17H23NO2S/c1-6-20-16-14(17(2,3)4)13(15(18)21-16)11-8-7-9-12(10-11)19-5/h7-10H,6,18H2,1-5H3. The highest BCUT2D eigenvalue weighted by Gasteiger charge is 2.28. The van der Waals surface area contributed by atoms with Gasteiger partial charge in [-0.1, -0.05) is 44.2 Å². The van der Waals surface area contributed by atoms with E-state index in [1.807, 2.05) is 25.1 Å². The summed E-state index contributed by atoms with van der Waals surface area (Å²) >= 11 is 1.52. The Balaban J connectivity index is 2.66. The first-order valence-corrected chi connectivity index (χ1v) is 7.90. The Morgan fingerprint density at radius 3 is 2.52 bits per heavy atom. The molecule has 3 nitrogen and oxygen atoms in total. The van der Waals surface area contributed by atoms with Gasteiger partial charge in [-0.3, -0.25) is 0 Å². The molecule has 0 aliphatic carbocycles. The summed E-state index contributed by atoms with van der Waals surface area (Å²) in [5.74, 6) is 0.830. The van der Waals surface area contributed by atoms with Crippen molar-refractivity contribution in [2.75, 3.05) is 19.5 Å². The van der Waals surface area contributed by atoms with E-state index >= 15 is 0 Å². The molecule has 0 spiro atoms. The first-order valence-electron chi connectivity index (χ1n) is 7.08. The van der Waals surface area contributed by atoms with Gasteiger partial charge in [-0.25, -0.2) is 0 Å². The van der Waals surface area contributed by atoms with E-state index in [9.17, 15) is 0 Å². The Kier molecular flexibility index (Phi) is 4.47. The predicted octanol–water partition coefficient (Wildman–Crippen LogP) is 4.70. The van der Waals surface area contributed by atoms with E-state index in [0.29, 0.717) is 6.61 Å². The summed E-state index contributed by atoms with van der Waals surface area (Å²) in [4.78, 5) is 0. The van der Waals surface area contributed by atoms with Crippen LogP contribution in [0.25, 0.3) is 11.1 Å². The van der Waals surface area contributed by atoms with Gasteiger partial charge in [-0.15, -0.1) is 0 Å². The van der Waals surface area contributed by atoms with E-state index in [1.54, 1.807) is 7.11 Å². The molecule has 0 radical (unpaired) electrons. The predicted molar refractivity (Wildman–Crippen MR) is 90.6 cm³/mol. The van der Waals surface area contributed by atoms with E-state index in [1.165, 1.54) is 16.9 Å². The van der Waals surface area contributed by atoms with Crippen molar-refractivity contribution in [3.63, 3.8) is 0 Å². The zero-order chi connectivity index (χ0) is 15.6. The summed E-state index contributed by atoms with van der Waals surface area (Å²) in [6.45, 7) is 9.18. The van der Waals surface area contributed by atoms with E-state index in [0.717, 1.165) is 26.9 Å². The quantitative estimate of drug-likeness (QED) is 0.890. The largest absolute Gasteiger partial charge is 0.497 e. The Morgan fingerprint density at radius 1 is 1.24 bits per heavy atom. The highest BCUT2D eigenvalue weighted by molar-refractivity contribution is 7.18. The number of thiophene rings is 1. The minimum absolute atomic E-state index is 0.0446. The molecule has 1 heterocycles. The van der Waals surface area contributed by atoms with Gasteiger partial charge in [0.1, 0.15) is 5.75 Å². The second-order valence-corrected chi connectivity index (χ2v) is 6.93. The number of anilines is 1. The smallest absolute Gasteiger partial charge is 0.180 e. The molecule has 2 N–H and O–H groups in total. The highest BCUT2D eigenvalue weighted by atomic mass is 32.1. The average Bonchev–Trinajstić information content (AvgIpc) is 2.76. The first-order chi connectivity index (χ1) is 9.88. The maximum atomic E-state index is 6.29. The van der Waals surface area contributed by atoms with Crippen molar-refractivity contribution < 1.29 is 9.47 Å². The lowest BCUT2D eigenvalue weighted by atomic mass is 9.83. The Labute approximate surface area is 130 Å². The zero-order valence-corrected chi connectivity index (χ0v) is 14.1. The van der Waals surface area contributed by atoms with Crippen molar-refractivity contribution in [2.45, 2.75) is 33.1 Å². The molecule has 0 amide bonds. The third kappa shape index (κ3) is 3.16. The van der Waals surface area contributed by atoms with Gasteiger partial charge in [-0.2, -0.15) is 0 Å². The average molecular weight is 305 g/mol. The minimum Gasteiger partial charge on any atom is -0.497 e. The third-order valence-corrected chi connectivity index (χ3v) is 4.22. The summed E-state index contributed by atoms with van der Waals surface area (Å²) in [5, 5.41) is 1.71. The van der Waals surface area contributed by atoms with Gasteiger partial charge < -0.3 is 15.2 Å². The molecule has 0 bridgehead atoms. The summed E-state index contributed by atoms with van der Waals surface area (Å²) in [6, 6.07) is 8.00. The number of ether oxygens (including phenoxy) is 2. The fraction of sp³-hybridized carbons (Fsp3) is 0.412. The number of nitrogens with two attached hydrogens (primary N) is 1. The molecule has 4 heteroatoms. The maximum Gasteiger partial charge on any atom is 0.180 e. The van der Waals surface area contributed by atoms with Crippen molar-refractivity contribution in [1.82, 2.24) is 0 Å². The molecule has 21 heavy (non-hydrogen) atoms. The van der Waals surface area contributed by atoms with Crippen LogP contribution in [0.15, 0.2) is 24.3 Å². The van der Waals surface area contributed by atoms with E-state index in [-0.39, 0.29) is 5.41 Å². The summed E-state index contributed by atoms with van der Waals surface area (Å²) in [5.41, 5.74) is 9.55. The molecule has 0 atom stereocenters. The molecule has 0 saturated heterocycles. The SMILES string of the molecule is CCOc1sc(N)c(-c2cccc(OC)c2)c1C(C)(C)C. The number of benzene rings is 1. The van der Waals surface area contributed by atoms with Gasteiger partial charge in [0.2, 0.25) is 0 Å². The van der Waals surface area contributed by atoms with Crippen LogP contribution >= 0.6 is 11.3 Å². The molecule has 0 aliphatic rings. The molecule has 0 aliphatic heterocycles. The van der Waals surface area contributed by atoms with Crippen LogP contribution in [-0.2, 0) is 5.41 Å². The lowest BCUT2D eigenvalue weighted by molar-refractivity contribution is 0.341. The monoisotopic (exact) mass is 305 g/mol. The molecule has 1 aromatic heterocycles. The van der Waals surface area contributed by atoms with Crippen LogP contribution < -0.4 is 15.2 Å². The number of hydrogen-bond donors (Lipinski definition) is 1. The third-order valence-electron chi connectivity index (χ3n) is 3.29. The molecular weight excluding hydrogens is 282 g/mol. The van der Waals surface area contributed by atoms with Crippen molar-refractivity contribution in [2.24, 2.45) is 0 Å². The molecule has 2 rings (SSSR count). The number of nitrogen functional groups attached to an aromatic ring is 1. The molecule has 2 aromatic rings. The lowest BCUT2D eigenvalue weighted by Crippen LogP contribution is -2.13. The Hall–Kier alpha value is -1.68. The lowest BCUT2D eigenvalue weighted by Gasteiger charge is -2.22. The van der Waals surface area contributed by atoms with E-state index in [2.05, 4.69) is 26.8 Å². The molecule has 0 fully saturated rings. The minimum atomic E-state index is -0.0446. The summed E-state index contributed by atoms with van der Waals surface area (Å²) in [7, 11) is 1.67. The van der Waals surface area contributed by atoms with Crippen LogP contribution in [0.1, 0.15) is 33.3 Å². The van der Waals surface area contributed by atoms with Crippen molar-refractivity contribution in [3.8, 4) is 21.9 Å². The van der Waals surface area contributed by atoms with Gasteiger partial charge in [-0.05, 0) is 30.0 Å². The van der Waals surface area contributed by atoms with Gasteiger partial charge in [0.25, 0.3) is 0 Å². The van der Waals surface area contributed by atoms with Gasteiger partial charge in [0, 0.05) is 11.1 Å². The van der Waals surface area contributed by atoms with Crippen molar-refractivity contribution in [3.05, 3.63) is 29.8 Å². The van der Waals surface area contributed by atoms with Gasteiger partial charge >= 0.3 is 0 Å². The fourth-order valence-corrected chi connectivity index (χ4v) is 3.62. The summed E-state index contributed by atoms with van der Waals surface area (Å²) < 4.78 is 11.1. The van der Waals surface area contributed by atoms with Crippen molar-refractivity contribution in [1.29, 1.82) is 0 Å². The van der Waals surface area contributed by atoms with Crippen LogP contribution in [0.5, 0.6) is 10.8 Å². The summed E-state index contributed by atoms with van der Waals surface area (Å²) in [6.07, 6.45) is 0. The van der Waals surface area contributed by atoms with Crippen LogP contribution in [0, 0.1) is 0 Å². The topological polar surface area (TPSA) is 44.5 Å². The molecule has 1 aromatic carbocycles. The second-order valence-electron chi connectivity index (χ2n) is 5.92. The molecule has 0 unspecified atom stereocenters. The van der Waals surface area contributed by atoms with Crippen molar-refractivity contribution >= 4 is 16.3 Å². The van der Waals surface area contributed by atoms with Crippen LogP contribution in [0.3, 0.4) is 0 Å². The van der Waals surface area contributed by atoms with Gasteiger partial charge in [0.05, 0.1) is 18.7 Å². The number of rotatable bonds is 4.